The zero-order chi connectivity index (χ0) is 20.6. The van der Waals surface area contributed by atoms with Crippen molar-refractivity contribution in [1.29, 1.82) is 0 Å². The van der Waals surface area contributed by atoms with Gasteiger partial charge in [-0.15, -0.1) is 11.8 Å². The number of nitrogens with one attached hydrogen (secondary N) is 2. The van der Waals surface area contributed by atoms with Crippen LogP contribution in [0.5, 0.6) is 11.5 Å². The lowest BCUT2D eigenvalue weighted by atomic mass is 10.2. The van der Waals surface area contributed by atoms with E-state index in [1.807, 2.05) is 31.2 Å². The first-order valence-corrected chi connectivity index (χ1v) is 10.7. The van der Waals surface area contributed by atoms with Gasteiger partial charge in [0.2, 0.25) is 11.8 Å². The van der Waals surface area contributed by atoms with Gasteiger partial charge in [-0.05, 0) is 43.7 Å². The third-order valence-corrected chi connectivity index (χ3v) is 5.46. The van der Waals surface area contributed by atoms with Crippen molar-refractivity contribution < 1.29 is 19.1 Å². The third kappa shape index (κ3) is 6.15. The Morgan fingerprint density at radius 3 is 2.59 bits per heavy atom. The third-order valence-electron chi connectivity index (χ3n) is 4.37. The van der Waals surface area contributed by atoms with Gasteiger partial charge in [-0.25, -0.2) is 0 Å². The number of amides is 2. The highest BCUT2D eigenvalue weighted by atomic mass is 32.2. The highest BCUT2D eigenvalue weighted by Crippen LogP contribution is 2.33. The van der Waals surface area contributed by atoms with Crippen LogP contribution in [0, 0.1) is 0 Å². The summed E-state index contributed by atoms with van der Waals surface area (Å²) in [7, 11) is 0. The van der Waals surface area contributed by atoms with Crippen molar-refractivity contribution in [2.24, 2.45) is 0 Å². The molecule has 3 rings (SSSR count). The van der Waals surface area contributed by atoms with Crippen LogP contribution >= 0.6 is 11.8 Å². The Balaban J connectivity index is 1.56. The smallest absolute Gasteiger partial charge is 0.237 e. The molecule has 0 saturated carbocycles. The van der Waals surface area contributed by atoms with E-state index in [9.17, 15) is 9.59 Å². The maximum Gasteiger partial charge on any atom is 0.237 e. The number of rotatable bonds is 8. The molecule has 1 unspecified atom stereocenters. The molecule has 6 nitrogen and oxygen atoms in total. The van der Waals surface area contributed by atoms with Gasteiger partial charge >= 0.3 is 0 Å². The second-order valence-corrected chi connectivity index (χ2v) is 8.20. The molecular weight excluding hydrogens is 388 g/mol. The van der Waals surface area contributed by atoms with Crippen molar-refractivity contribution >= 4 is 35.0 Å². The summed E-state index contributed by atoms with van der Waals surface area (Å²) in [4.78, 5) is 25.4. The molecule has 0 aromatic heterocycles. The van der Waals surface area contributed by atoms with Crippen LogP contribution in [0.2, 0.25) is 0 Å². The molecule has 154 valence electrons. The van der Waals surface area contributed by atoms with E-state index in [1.54, 1.807) is 18.2 Å². The molecule has 1 aliphatic heterocycles. The SMILES string of the molecule is CCCCC(=O)Nc1cccc(SC(C)C(=O)Nc2ccc3c(c2)OCCO3)c1. The maximum atomic E-state index is 12.6. The summed E-state index contributed by atoms with van der Waals surface area (Å²) >= 11 is 1.44. The van der Waals surface area contributed by atoms with Gasteiger partial charge in [-0.3, -0.25) is 9.59 Å². The van der Waals surface area contributed by atoms with Gasteiger partial charge < -0.3 is 20.1 Å². The van der Waals surface area contributed by atoms with Crippen LogP contribution in [-0.2, 0) is 9.59 Å². The van der Waals surface area contributed by atoms with Crippen molar-refractivity contribution in [3.05, 3.63) is 42.5 Å². The number of thioether (sulfide) groups is 1. The van der Waals surface area contributed by atoms with E-state index in [1.165, 1.54) is 11.8 Å². The predicted octanol–water partition coefficient (Wildman–Crippen LogP) is 4.71. The molecule has 29 heavy (non-hydrogen) atoms. The first-order valence-electron chi connectivity index (χ1n) is 9.82. The average molecular weight is 415 g/mol. The zero-order valence-corrected chi connectivity index (χ0v) is 17.5. The zero-order valence-electron chi connectivity index (χ0n) is 16.7. The molecule has 1 aliphatic rings. The minimum atomic E-state index is -0.311. The van der Waals surface area contributed by atoms with Crippen molar-refractivity contribution in [2.45, 2.75) is 43.3 Å². The van der Waals surface area contributed by atoms with Gasteiger partial charge in [0.25, 0.3) is 0 Å². The molecule has 1 atom stereocenters. The second-order valence-electron chi connectivity index (χ2n) is 6.79. The molecule has 0 radical (unpaired) electrons. The second kappa shape index (κ2) is 10.2. The van der Waals surface area contributed by atoms with Crippen molar-refractivity contribution in [3.63, 3.8) is 0 Å². The molecule has 2 aromatic rings. The van der Waals surface area contributed by atoms with Crippen molar-refractivity contribution in [1.82, 2.24) is 0 Å². The number of hydrogen-bond acceptors (Lipinski definition) is 5. The van der Waals surface area contributed by atoms with E-state index in [2.05, 4.69) is 17.6 Å². The first-order chi connectivity index (χ1) is 14.0. The lowest BCUT2D eigenvalue weighted by Crippen LogP contribution is -2.22. The van der Waals surface area contributed by atoms with Gasteiger partial charge in [0.1, 0.15) is 13.2 Å². The molecule has 1 heterocycles. The molecular formula is C22H26N2O4S. The van der Waals surface area contributed by atoms with Crippen LogP contribution in [0.15, 0.2) is 47.4 Å². The van der Waals surface area contributed by atoms with E-state index in [-0.39, 0.29) is 17.1 Å². The Bertz CT molecular complexity index is 872. The fourth-order valence-electron chi connectivity index (χ4n) is 2.83. The highest BCUT2D eigenvalue weighted by Gasteiger charge is 2.17. The first kappa shape index (κ1) is 21.0. The van der Waals surface area contributed by atoms with E-state index in [4.69, 9.17) is 9.47 Å². The lowest BCUT2D eigenvalue weighted by Gasteiger charge is -2.19. The van der Waals surface area contributed by atoms with Crippen molar-refractivity contribution in [3.8, 4) is 11.5 Å². The largest absolute Gasteiger partial charge is 0.486 e. The number of anilines is 2. The molecule has 0 saturated heterocycles. The summed E-state index contributed by atoms with van der Waals surface area (Å²) in [5, 5.41) is 5.52. The predicted molar refractivity (Wildman–Crippen MR) is 116 cm³/mol. The standard InChI is InChI=1S/C22H26N2O4S/c1-3-4-8-21(25)23-16-6-5-7-18(13-16)29-15(2)22(26)24-17-9-10-19-20(14-17)28-12-11-27-19/h5-7,9-10,13-15H,3-4,8,11-12H2,1-2H3,(H,23,25)(H,24,26). The normalized spacial score (nSPS) is 13.4. The number of benzene rings is 2. The molecule has 0 fully saturated rings. The Kier molecular flexibility index (Phi) is 7.41. The van der Waals surface area contributed by atoms with Crippen LogP contribution in [0.25, 0.3) is 0 Å². The Hall–Kier alpha value is -2.67. The van der Waals surface area contributed by atoms with E-state index < -0.39 is 0 Å². The van der Waals surface area contributed by atoms with Crippen LogP contribution in [-0.4, -0.2) is 30.3 Å². The summed E-state index contributed by atoms with van der Waals surface area (Å²) in [6.45, 7) is 4.94. The summed E-state index contributed by atoms with van der Waals surface area (Å²) in [5.41, 5.74) is 1.42. The van der Waals surface area contributed by atoms with Crippen LogP contribution < -0.4 is 20.1 Å². The monoisotopic (exact) mass is 414 g/mol. The number of hydrogen-bond donors (Lipinski definition) is 2. The Morgan fingerprint density at radius 1 is 1.03 bits per heavy atom. The number of carbonyl (C=O) groups excluding carboxylic acids is 2. The van der Waals surface area contributed by atoms with Crippen LogP contribution in [0.3, 0.4) is 0 Å². The molecule has 2 aromatic carbocycles. The summed E-state index contributed by atoms with van der Waals surface area (Å²) in [5.74, 6) is 1.23. The minimum Gasteiger partial charge on any atom is -0.486 e. The van der Waals surface area contributed by atoms with E-state index in [0.29, 0.717) is 36.8 Å². The topological polar surface area (TPSA) is 76.7 Å². The highest BCUT2D eigenvalue weighted by molar-refractivity contribution is 8.00. The Morgan fingerprint density at radius 2 is 1.79 bits per heavy atom. The molecule has 0 aliphatic carbocycles. The maximum absolute atomic E-state index is 12.6. The van der Waals surface area contributed by atoms with Gasteiger partial charge in [-0.1, -0.05) is 19.4 Å². The lowest BCUT2D eigenvalue weighted by molar-refractivity contribution is -0.116. The van der Waals surface area contributed by atoms with E-state index in [0.717, 1.165) is 23.4 Å². The van der Waals surface area contributed by atoms with Crippen LogP contribution in [0.4, 0.5) is 11.4 Å². The van der Waals surface area contributed by atoms with Gasteiger partial charge in [0.15, 0.2) is 11.5 Å². The average Bonchev–Trinajstić information content (AvgIpc) is 2.72. The summed E-state index contributed by atoms with van der Waals surface area (Å²) < 4.78 is 11.1. The van der Waals surface area contributed by atoms with Crippen LogP contribution in [0.1, 0.15) is 33.1 Å². The number of ether oxygens (including phenoxy) is 2. The number of unbranched alkanes of at least 4 members (excludes halogenated alkanes) is 1. The fourth-order valence-corrected chi connectivity index (χ4v) is 3.76. The van der Waals surface area contributed by atoms with Gasteiger partial charge in [-0.2, -0.15) is 0 Å². The molecule has 7 heteroatoms. The summed E-state index contributed by atoms with van der Waals surface area (Å²) in [6.07, 6.45) is 2.37. The molecule has 2 amide bonds. The van der Waals surface area contributed by atoms with E-state index >= 15 is 0 Å². The van der Waals surface area contributed by atoms with Gasteiger partial charge in [0, 0.05) is 28.8 Å². The summed E-state index contributed by atoms with van der Waals surface area (Å²) in [6, 6.07) is 12.9. The Labute approximate surface area is 175 Å². The molecule has 0 bridgehead atoms. The fraction of sp³-hybridized carbons (Fsp3) is 0.364. The van der Waals surface area contributed by atoms with Gasteiger partial charge in [0.05, 0.1) is 5.25 Å². The number of fused-ring (bicyclic) bond motifs is 1. The quantitative estimate of drug-likeness (QED) is 0.612. The minimum absolute atomic E-state index is 0.0124. The number of carbonyl (C=O) groups is 2. The molecule has 2 N–H and O–H groups in total. The molecule has 0 spiro atoms. The van der Waals surface area contributed by atoms with Crippen molar-refractivity contribution in [2.75, 3.05) is 23.8 Å².